The van der Waals surface area contributed by atoms with Crippen molar-refractivity contribution in [1.82, 2.24) is 4.90 Å². The zero-order chi connectivity index (χ0) is 14.8. The molecular weight excluding hydrogens is 269 g/mol. The minimum atomic E-state index is -4.40. The number of likely N-dealkylation sites (tertiary alicyclic amines) is 1. The van der Waals surface area contributed by atoms with Crippen LogP contribution < -0.4 is 10.5 Å². The van der Waals surface area contributed by atoms with Crippen molar-refractivity contribution >= 4 is 5.69 Å². The Bertz CT molecular complexity index is 462. The van der Waals surface area contributed by atoms with Gasteiger partial charge in [0.25, 0.3) is 0 Å². The summed E-state index contributed by atoms with van der Waals surface area (Å²) < 4.78 is 43.4. The number of hydrogen-bond acceptors (Lipinski definition) is 3. The van der Waals surface area contributed by atoms with E-state index in [0.717, 1.165) is 37.9 Å². The van der Waals surface area contributed by atoms with Crippen molar-refractivity contribution in [3.8, 4) is 5.75 Å². The molecule has 1 unspecified atom stereocenters. The molecule has 1 aromatic rings. The van der Waals surface area contributed by atoms with E-state index in [1.165, 1.54) is 6.07 Å². The smallest absolute Gasteiger partial charge is 0.416 e. The first-order chi connectivity index (χ1) is 9.36. The summed E-state index contributed by atoms with van der Waals surface area (Å²) in [5, 5.41) is 0. The van der Waals surface area contributed by atoms with Crippen LogP contribution >= 0.6 is 0 Å². The molecule has 1 aliphatic rings. The van der Waals surface area contributed by atoms with E-state index in [4.69, 9.17) is 10.5 Å². The maximum Gasteiger partial charge on any atom is 0.416 e. The Morgan fingerprint density at radius 1 is 1.35 bits per heavy atom. The van der Waals surface area contributed by atoms with Crippen LogP contribution in [0.1, 0.15) is 24.8 Å². The van der Waals surface area contributed by atoms with Gasteiger partial charge >= 0.3 is 6.18 Å². The first-order valence-corrected chi connectivity index (χ1v) is 6.67. The third kappa shape index (κ3) is 3.79. The molecule has 2 rings (SSSR count). The number of nitrogen functional groups attached to an aromatic ring is 1. The molecule has 1 saturated heterocycles. The fraction of sp³-hybridized carbons (Fsp3) is 0.571. The van der Waals surface area contributed by atoms with E-state index in [1.54, 1.807) is 0 Å². The first-order valence-electron chi connectivity index (χ1n) is 6.67. The molecule has 1 fully saturated rings. The summed E-state index contributed by atoms with van der Waals surface area (Å²) in [4.78, 5) is 2.25. The van der Waals surface area contributed by atoms with Crippen LogP contribution in [0.15, 0.2) is 18.2 Å². The second-order valence-electron chi connectivity index (χ2n) is 5.20. The molecule has 2 N–H and O–H groups in total. The molecule has 6 heteroatoms. The second-order valence-corrected chi connectivity index (χ2v) is 5.20. The molecule has 0 bridgehead atoms. The number of nitrogens with zero attached hydrogens (tertiary/aromatic N) is 1. The lowest BCUT2D eigenvalue weighted by Crippen LogP contribution is -2.26. The van der Waals surface area contributed by atoms with Crippen LogP contribution in [0.2, 0.25) is 0 Å². The van der Waals surface area contributed by atoms with Gasteiger partial charge in [0.2, 0.25) is 0 Å². The predicted molar refractivity (Wildman–Crippen MR) is 71.6 cm³/mol. The standard InChI is InChI=1S/C14H19F3N2O/c1-19-5-2-3-12(19)4-6-20-13-8-10(14(15,16)17)7-11(18)9-13/h7-9,12H,2-6,18H2,1H3. The van der Waals surface area contributed by atoms with Gasteiger partial charge in [0.15, 0.2) is 0 Å². The number of halogens is 3. The van der Waals surface area contributed by atoms with Crippen molar-refractivity contribution in [2.75, 3.05) is 25.9 Å². The highest BCUT2D eigenvalue weighted by atomic mass is 19.4. The monoisotopic (exact) mass is 288 g/mol. The maximum atomic E-state index is 12.6. The van der Waals surface area contributed by atoms with Crippen molar-refractivity contribution in [1.29, 1.82) is 0 Å². The Balaban J connectivity index is 1.94. The summed E-state index contributed by atoms with van der Waals surface area (Å²) in [5.41, 5.74) is 4.77. The van der Waals surface area contributed by atoms with Gasteiger partial charge in [0.1, 0.15) is 5.75 Å². The fourth-order valence-electron chi connectivity index (χ4n) is 2.53. The van der Waals surface area contributed by atoms with Crippen LogP contribution in [-0.4, -0.2) is 31.1 Å². The van der Waals surface area contributed by atoms with Crippen molar-refractivity contribution in [3.63, 3.8) is 0 Å². The van der Waals surface area contributed by atoms with Crippen LogP contribution in [0.4, 0.5) is 18.9 Å². The van der Waals surface area contributed by atoms with Gasteiger partial charge in [-0.15, -0.1) is 0 Å². The molecule has 0 aliphatic carbocycles. The van der Waals surface area contributed by atoms with E-state index in [1.807, 2.05) is 0 Å². The van der Waals surface area contributed by atoms with Gasteiger partial charge in [-0.2, -0.15) is 13.2 Å². The lowest BCUT2D eigenvalue weighted by Gasteiger charge is -2.19. The lowest BCUT2D eigenvalue weighted by atomic mass is 10.1. The van der Waals surface area contributed by atoms with Crippen molar-refractivity contribution in [2.45, 2.75) is 31.5 Å². The molecule has 3 nitrogen and oxygen atoms in total. The van der Waals surface area contributed by atoms with E-state index in [2.05, 4.69) is 11.9 Å². The number of ether oxygens (including phenoxy) is 1. The Hall–Kier alpha value is -1.43. The topological polar surface area (TPSA) is 38.5 Å². The average molecular weight is 288 g/mol. The molecule has 20 heavy (non-hydrogen) atoms. The second kappa shape index (κ2) is 5.91. The summed E-state index contributed by atoms with van der Waals surface area (Å²) in [5.74, 6) is 0.179. The maximum absolute atomic E-state index is 12.6. The fourth-order valence-corrected chi connectivity index (χ4v) is 2.53. The molecule has 0 amide bonds. The normalized spacial score (nSPS) is 20.3. The zero-order valence-corrected chi connectivity index (χ0v) is 11.4. The van der Waals surface area contributed by atoms with Crippen molar-refractivity contribution < 1.29 is 17.9 Å². The van der Waals surface area contributed by atoms with Crippen molar-refractivity contribution in [2.24, 2.45) is 0 Å². The molecule has 0 aromatic heterocycles. The molecular formula is C14H19F3N2O. The number of benzene rings is 1. The molecule has 0 radical (unpaired) electrons. The zero-order valence-electron chi connectivity index (χ0n) is 11.4. The van der Waals surface area contributed by atoms with Crippen LogP contribution in [-0.2, 0) is 6.18 Å². The molecule has 0 saturated carbocycles. The minimum absolute atomic E-state index is 0.0628. The van der Waals surface area contributed by atoms with Gasteiger partial charge in [0, 0.05) is 17.8 Å². The van der Waals surface area contributed by atoms with Gasteiger partial charge in [-0.3, -0.25) is 0 Å². The van der Waals surface area contributed by atoms with Crippen LogP contribution in [0.25, 0.3) is 0 Å². The number of hydrogen-bond donors (Lipinski definition) is 1. The highest BCUT2D eigenvalue weighted by molar-refractivity contribution is 5.48. The van der Waals surface area contributed by atoms with Crippen LogP contribution in [0.3, 0.4) is 0 Å². The Labute approximate surface area is 116 Å². The Morgan fingerprint density at radius 3 is 2.70 bits per heavy atom. The summed E-state index contributed by atoms with van der Waals surface area (Å²) >= 11 is 0. The SMILES string of the molecule is CN1CCCC1CCOc1cc(N)cc(C(F)(F)F)c1. The van der Waals surface area contributed by atoms with Gasteiger partial charge < -0.3 is 15.4 Å². The minimum Gasteiger partial charge on any atom is -0.493 e. The lowest BCUT2D eigenvalue weighted by molar-refractivity contribution is -0.137. The molecule has 1 aromatic carbocycles. The summed E-state index contributed by atoms with van der Waals surface area (Å²) in [7, 11) is 2.06. The highest BCUT2D eigenvalue weighted by Gasteiger charge is 2.31. The molecule has 1 heterocycles. The first kappa shape index (κ1) is 15.0. The van der Waals surface area contributed by atoms with Crippen LogP contribution in [0.5, 0.6) is 5.75 Å². The largest absolute Gasteiger partial charge is 0.493 e. The van der Waals surface area contributed by atoms with Gasteiger partial charge in [-0.05, 0) is 45.0 Å². The predicted octanol–water partition coefficient (Wildman–Crippen LogP) is 3.15. The highest BCUT2D eigenvalue weighted by Crippen LogP contribution is 2.33. The summed E-state index contributed by atoms with van der Waals surface area (Å²) in [6.45, 7) is 1.47. The van der Waals surface area contributed by atoms with Gasteiger partial charge in [-0.25, -0.2) is 0 Å². The van der Waals surface area contributed by atoms with Crippen molar-refractivity contribution in [3.05, 3.63) is 23.8 Å². The van der Waals surface area contributed by atoms with Gasteiger partial charge in [-0.1, -0.05) is 0 Å². The third-order valence-electron chi connectivity index (χ3n) is 3.65. The van der Waals surface area contributed by atoms with E-state index in [9.17, 15) is 13.2 Å². The van der Waals surface area contributed by atoms with E-state index >= 15 is 0 Å². The van der Waals surface area contributed by atoms with E-state index in [0.29, 0.717) is 12.6 Å². The summed E-state index contributed by atoms with van der Waals surface area (Å²) in [6.07, 6.45) is -1.31. The number of nitrogens with two attached hydrogens (primary N) is 1. The number of rotatable bonds is 4. The quantitative estimate of drug-likeness (QED) is 0.865. The molecule has 1 aliphatic heterocycles. The number of anilines is 1. The van der Waals surface area contributed by atoms with Crippen LogP contribution in [0, 0.1) is 0 Å². The average Bonchev–Trinajstić information content (AvgIpc) is 2.73. The number of alkyl halides is 3. The Morgan fingerprint density at radius 2 is 2.10 bits per heavy atom. The van der Waals surface area contributed by atoms with Gasteiger partial charge in [0.05, 0.1) is 12.2 Å². The Kier molecular flexibility index (Phi) is 4.42. The molecule has 0 spiro atoms. The summed E-state index contributed by atoms with van der Waals surface area (Å²) in [6, 6.07) is 3.79. The third-order valence-corrected chi connectivity index (χ3v) is 3.65. The molecule has 1 atom stereocenters. The van der Waals surface area contributed by atoms with E-state index in [-0.39, 0.29) is 11.4 Å². The van der Waals surface area contributed by atoms with E-state index < -0.39 is 11.7 Å². The molecule has 112 valence electrons.